The van der Waals surface area contributed by atoms with Gasteiger partial charge >= 0.3 is 0 Å². The molecule has 15 aromatic rings. The zero-order valence-corrected chi connectivity index (χ0v) is 63.4. The summed E-state index contributed by atoms with van der Waals surface area (Å²) in [5.74, 6) is 0. The molecule has 2 aliphatic rings. The van der Waals surface area contributed by atoms with Crippen LogP contribution in [-0.2, 0) is 10.8 Å². The standard InChI is InChI=1S/2C25H18.2C10H8.3C6H6.7C2H6/c2*1-3-11-19(12-4-1)25(20-13-5-2-6-14-20)23-17-9-7-15-21(23)22-16-8-10-18-24(22)25;2*1-2-6-10-8-4-3-7-9(10)5-1;3*1-2-4-6-5-3-1;7*1-2/h2*1-18H;2*1-8H;3*1-6H;7*1-2H3. The summed E-state index contributed by atoms with van der Waals surface area (Å²) in [4.78, 5) is 0. The quantitative estimate of drug-likeness (QED) is 0.165. The Morgan fingerprint density at radius 2 is 0.225 bits per heavy atom. The lowest BCUT2D eigenvalue weighted by molar-refractivity contribution is 0.768. The van der Waals surface area contributed by atoms with E-state index in [1.54, 1.807) is 0 Å². The fraction of sp³-hybridized carbons (Fsp3) is 0.157. The number of hydrogen-bond donors (Lipinski definition) is 0. The van der Waals surface area contributed by atoms with Gasteiger partial charge < -0.3 is 0 Å². The highest BCUT2D eigenvalue weighted by Gasteiger charge is 2.47. The monoisotopic (exact) mass is 1340 g/mol. The predicted octanol–water partition coefficient (Wildman–Crippen LogP) is 30.0. The average molecular weight is 1340 g/mol. The molecule has 0 spiro atoms. The number of rotatable bonds is 4. The highest BCUT2D eigenvalue weighted by molar-refractivity contribution is 5.88. The normalized spacial score (nSPS) is 10.6. The molecule has 17 rings (SSSR count). The molecule has 15 aromatic carbocycles. The maximum absolute atomic E-state index is 2.29. The van der Waals surface area contributed by atoms with Crippen molar-refractivity contribution in [2.24, 2.45) is 0 Å². The van der Waals surface area contributed by atoms with Crippen molar-refractivity contribution in [3.8, 4) is 22.3 Å². The lowest BCUT2D eigenvalue weighted by atomic mass is 9.68. The van der Waals surface area contributed by atoms with Gasteiger partial charge in [0, 0.05) is 0 Å². The predicted molar refractivity (Wildman–Crippen MR) is 454 cm³/mol. The van der Waals surface area contributed by atoms with E-state index in [0.717, 1.165) is 0 Å². The molecule has 0 bridgehead atoms. The fourth-order valence-corrected chi connectivity index (χ4v) is 12.2. The molecule has 0 amide bonds. The fourth-order valence-electron chi connectivity index (χ4n) is 12.2. The van der Waals surface area contributed by atoms with E-state index in [2.05, 4.69) is 315 Å². The van der Waals surface area contributed by atoms with Crippen LogP contribution in [0.15, 0.2) is 425 Å². The first-order chi connectivity index (χ1) is 50.8. The third-order valence-corrected chi connectivity index (χ3v) is 16.0. The summed E-state index contributed by atoms with van der Waals surface area (Å²) < 4.78 is 0. The van der Waals surface area contributed by atoms with E-state index in [1.165, 1.54) is 88.3 Å². The van der Waals surface area contributed by atoms with Crippen molar-refractivity contribution in [2.75, 3.05) is 0 Å². The van der Waals surface area contributed by atoms with Gasteiger partial charge in [-0.1, -0.05) is 522 Å². The van der Waals surface area contributed by atoms with E-state index < -0.39 is 0 Å². The van der Waals surface area contributed by atoms with E-state index in [-0.39, 0.29) is 10.8 Å². The molecule has 0 nitrogen and oxygen atoms in total. The van der Waals surface area contributed by atoms with Gasteiger partial charge in [0.15, 0.2) is 0 Å². The highest BCUT2D eigenvalue weighted by Crippen LogP contribution is 2.57. The average Bonchev–Trinajstić information content (AvgIpc) is 1.55. The van der Waals surface area contributed by atoms with Crippen molar-refractivity contribution < 1.29 is 0 Å². The number of hydrogen-bond acceptors (Lipinski definition) is 0. The van der Waals surface area contributed by atoms with Gasteiger partial charge in [-0.3, -0.25) is 0 Å². The zero-order chi connectivity index (χ0) is 73.7. The van der Waals surface area contributed by atoms with Crippen LogP contribution in [0.4, 0.5) is 0 Å². The minimum Gasteiger partial charge on any atom is -0.0683 e. The first kappa shape index (κ1) is 83.2. The van der Waals surface area contributed by atoms with Crippen molar-refractivity contribution in [3.05, 3.63) is 469 Å². The van der Waals surface area contributed by atoms with Crippen LogP contribution in [0.2, 0.25) is 0 Å². The molecule has 0 radical (unpaired) electrons. The highest BCUT2D eigenvalue weighted by atomic mass is 14.5. The van der Waals surface area contributed by atoms with Crippen molar-refractivity contribution >= 4 is 21.5 Å². The molecule has 0 N–H and O–H groups in total. The van der Waals surface area contributed by atoms with E-state index >= 15 is 0 Å². The number of benzene rings is 15. The Morgan fingerprint density at radius 3 is 0.373 bits per heavy atom. The summed E-state index contributed by atoms with van der Waals surface area (Å²) in [5, 5.41) is 5.24. The van der Waals surface area contributed by atoms with Crippen molar-refractivity contribution in [1.29, 1.82) is 0 Å². The van der Waals surface area contributed by atoms with Gasteiger partial charge in [0.1, 0.15) is 0 Å². The third kappa shape index (κ3) is 22.4. The molecule has 0 atom stereocenters. The van der Waals surface area contributed by atoms with E-state index in [9.17, 15) is 0 Å². The summed E-state index contributed by atoms with van der Waals surface area (Å²) in [6, 6.07) is 148. The smallest absolute Gasteiger partial charge is 0.0683 e. The second-order valence-corrected chi connectivity index (χ2v) is 21.3. The van der Waals surface area contributed by atoms with Gasteiger partial charge in [-0.25, -0.2) is 0 Å². The summed E-state index contributed by atoms with van der Waals surface area (Å²) in [7, 11) is 0. The maximum Gasteiger partial charge on any atom is 0.0713 e. The van der Waals surface area contributed by atoms with Crippen molar-refractivity contribution in [1.82, 2.24) is 0 Å². The van der Waals surface area contributed by atoms with Crippen LogP contribution in [0.25, 0.3) is 43.8 Å². The SMILES string of the molecule is CC.CC.CC.CC.CC.CC.CC.c1ccc(C2(c3ccccc3)c3ccccc3-c3ccccc32)cc1.c1ccc(C2(c3ccccc3)c3ccccc3-c3ccccc32)cc1.c1ccc2ccccc2c1.c1ccc2ccccc2c1.c1ccccc1.c1ccccc1.c1ccccc1. The Balaban J connectivity index is 0.000000262. The lowest BCUT2D eigenvalue weighted by Gasteiger charge is -2.33. The minimum absolute atomic E-state index is 0.254. The van der Waals surface area contributed by atoms with Crippen LogP contribution in [-0.4, -0.2) is 0 Å². The van der Waals surface area contributed by atoms with E-state index in [0.29, 0.717) is 0 Å². The van der Waals surface area contributed by atoms with Gasteiger partial charge in [-0.05, 0) is 88.3 Å². The molecule has 0 heteroatoms. The first-order valence-electron chi connectivity index (χ1n) is 37.3. The van der Waals surface area contributed by atoms with Crippen LogP contribution in [0.5, 0.6) is 0 Å². The summed E-state index contributed by atoms with van der Waals surface area (Å²) >= 11 is 0. The second-order valence-electron chi connectivity index (χ2n) is 21.3. The molecule has 0 fully saturated rings. The van der Waals surface area contributed by atoms with Crippen LogP contribution in [0, 0.1) is 0 Å². The van der Waals surface area contributed by atoms with Gasteiger partial charge in [-0.2, -0.15) is 0 Å². The van der Waals surface area contributed by atoms with Gasteiger partial charge in [-0.15, -0.1) is 0 Å². The summed E-state index contributed by atoms with van der Waals surface area (Å²) in [6.45, 7) is 28.0. The van der Waals surface area contributed by atoms with Crippen molar-refractivity contribution in [2.45, 2.75) is 108 Å². The van der Waals surface area contributed by atoms with Crippen LogP contribution >= 0.6 is 0 Å². The lowest BCUT2D eigenvalue weighted by Crippen LogP contribution is -2.28. The third-order valence-electron chi connectivity index (χ3n) is 16.0. The molecule has 0 aromatic heterocycles. The molecule has 0 heterocycles. The Bertz CT molecular complexity index is 3760. The molecule has 0 unspecified atom stereocenters. The maximum atomic E-state index is 2.29. The second kappa shape index (κ2) is 50.2. The molecule has 0 saturated heterocycles. The van der Waals surface area contributed by atoms with Crippen LogP contribution < -0.4 is 0 Å². The van der Waals surface area contributed by atoms with Gasteiger partial charge in [0.05, 0.1) is 10.8 Å². The number of fused-ring (bicyclic) bond motifs is 8. The first-order valence-corrected chi connectivity index (χ1v) is 37.3. The molecule has 102 heavy (non-hydrogen) atoms. The Hall–Kier alpha value is -11.2. The topological polar surface area (TPSA) is 0 Å². The van der Waals surface area contributed by atoms with Gasteiger partial charge in [0.2, 0.25) is 0 Å². The summed E-state index contributed by atoms with van der Waals surface area (Å²) in [5.41, 5.74) is 15.6. The Kier molecular flexibility index (Phi) is 41.0. The van der Waals surface area contributed by atoms with Crippen molar-refractivity contribution in [3.63, 3.8) is 0 Å². The van der Waals surface area contributed by atoms with Gasteiger partial charge in [0.25, 0.3) is 0 Å². The minimum atomic E-state index is -0.254. The van der Waals surface area contributed by atoms with E-state index in [1.807, 2.05) is 206 Å². The molecule has 0 saturated carbocycles. The van der Waals surface area contributed by atoms with E-state index in [4.69, 9.17) is 0 Å². The molecular weight excluding hydrogens is 1230 g/mol. The Labute approximate surface area is 616 Å². The largest absolute Gasteiger partial charge is 0.0713 e. The molecule has 2 aliphatic carbocycles. The van der Waals surface area contributed by atoms with Crippen LogP contribution in [0.3, 0.4) is 0 Å². The zero-order valence-electron chi connectivity index (χ0n) is 63.4. The Morgan fingerprint density at radius 1 is 0.118 bits per heavy atom. The summed E-state index contributed by atoms with van der Waals surface area (Å²) in [6.07, 6.45) is 0. The van der Waals surface area contributed by atoms with Crippen LogP contribution in [0.1, 0.15) is 141 Å². The molecule has 0 aliphatic heterocycles. The molecular formula is C102H112. The molecule has 520 valence electrons.